The minimum Gasteiger partial charge on any atom is -0.357 e. The average molecular weight is 416 g/mol. The number of nitrogens with one attached hydrogen (secondary N) is 2. The third-order valence-corrected chi connectivity index (χ3v) is 5.55. The maximum atomic E-state index is 13.0. The third-order valence-electron chi connectivity index (χ3n) is 5.55. The van der Waals surface area contributed by atoms with Crippen LogP contribution in [0.4, 0.5) is 0 Å². The number of benzene rings is 2. The number of hydrogen-bond donors (Lipinski definition) is 2. The highest BCUT2D eigenvalue weighted by Gasteiger charge is 2.33. The Morgan fingerprint density at radius 2 is 1.81 bits per heavy atom. The number of hydrogen-bond acceptors (Lipinski definition) is 4. The van der Waals surface area contributed by atoms with Crippen molar-refractivity contribution in [3.05, 3.63) is 66.2 Å². The summed E-state index contributed by atoms with van der Waals surface area (Å²) in [5.41, 5.74) is 2.76. The Bertz CT molecular complexity index is 1130. The minimum atomic E-state index is -0.471. The van der Waals surface area contributed by atoms with Crippen LogP contribution >= 0.6 is 0 Å². The fraction of sp³-hybridized carbons (Fsp3) is 0.250. The molecule has 1 fully saturated rings. The standard InChI is InChI=1S/C24H24N4O3/c1-25-24(31)21-12-7-13-28(21)22(29)15-26-23(30)18-14-20(16-8-3-2-4-9-16)27-19-11-6-5-10-17(18)19/h2-6,8-11,14,21H,7,12-13,15H2,1H3,(H,25,31)(H,26,30). The van der Waals surface area contributed by atoms with Crippen molar-refractivity contribution >= 4 is 28.6 Å². The Morgan fingerprint density at radius 3 is 2.58 bits per heavy atom. The largest absolute Gasteiger partial charge is 0.357 e. The van der Waals surface area contributed by atoms with Gasteiger partial charge in [-0.05, 0) is 25.0 Å². The van der Waals surface area contributed by atoms with E-state index in [9.17, 15) is 14.4 Å². The van der Waals surface area contributed by atoms with Crippen LogP contribution in [0.25, 0.3) is 22.2 Å². The highest BCUT2D eigenvalue weighted by molar-refractivity contribution is 6.08. The molecule has 1 unspecified atom stereocenters. The number of nitrogens with zero attached hydrogens (tertiary/aromatic N) is 2. The molecule has 7 nitrogen and oxygen atoms in total. The molecule has 7 heteroatoms. The Kier molecular flexibility index (Phi) is 5.93. The Balaban J connectivity index is 1.56. The van der Waals surface area contributed by atoms with Crippen LogP contribution in [0.3, 0.4) is 0 Å². The van der Waals surface area contributed by atoms with Crippen molar-refractivity contribution in [1.29, 1.82) is 0 Å². The molecule has 1 aliphatic rings. The van der Waals surface area contributed by atoms with Gasteiger partial charge in [0.2, 0.25) is 11.8 Å². The predicted molar refractivity (Wildman–Crippen MR) is 118 cm³/mol. The van der Waals surface area contributed by atoms with Gasteiger partial charge in [-0.3, -0.25) is 14.4 Å². The molecule has 0 saturated carbocycles. The summed E-state index contributed by atoms with van der Waals surface area (Å²) in [4.78, 5) is 44.0. The number of carbonyl (C=O) groups is 3. The topological polar surface area (TPSA) is 91.4 Å². The molecule has 31 heavy (non-hydrogen) atoms. The van der Waals surface area contributed by atoms with Gasteiger partial charge >= 0.3 is 0 Å². The number of amides is 3. The van der Waals surface area contributed by atoms with Crippen molar-refractivity contribution < 1.29 is 14.4 Å². The summed E-state index contributed by atoms with van der Waals surface area (Å²) in [7, 11) is 1.56. The zero-order valence-electron chi connectivity index (χ0n) is 17.3. The molecule has 2 heterocycles. The third kappa shape index (κ3) is 4.26. The molecule has 3 aromatic rings. The maximum absolute atomic E-state index is 13.0. The highest BCUT2D eigenvalue weighted by atomic mass is 16.2. The average Bonchev–Trinajstić information content (AvgIpc) is 3.32. The fourth-order valence-corrected chi connectivity index (χ4v) is 3.98. The number of fused-ring (bicyclic) bond motifs is 1. The van der Waals surface area contributed by atoms with Gasteiger partial charge in [-0.2, -0.15) is 0 Å². The molecule has 3 amide bonds. The summed E-state index contributed by atoms with van der Waals surface area (Å²) in [6, 6.07) is 18.4. The summed E-state index contributed by atoms with van der Waals surface area (Å²) < 4.78 is 0. The smallest absolute Gasteiger partial charge is 0.252 e. The quantitative estimate of drug-likeness (QED) is 0.668. The summed E-state index contributed by atoms with van der Waals surface area (Å²) >= 11 is 0. The second-order valence-electron chi connectivity index (χ2n) is 7.48. The first-order valence-electron chi connectivity index (χ1n) is 10.3. The molecule has 4 rings (SSSR count). The van der Waals surface area contributed by atoms with Gasteiger partial charge in [0.25, 0.3) is 5.91 Å². The van der Waals surface area contributed by atoms with E-state index in [-0.39, 0.29) is 24.3 Å². The lowest BCUT2D eigenvalue weighted by molar-refractivity contribution is -0.137. The van der Waals surface area contributed by atoms with Crippen LogP contribution in [0, 0.1) is 0 Å². The number of carbonyl (C=O) groups excluding carboxylic acids is 3. The van der Waals surface area contributed by atoms with Crippen LogP contribution < -0.4 is 10.6 Å². The molecule has 1 aliphatic heterocycles. The first-order chi connectivity index (χ1) is 15.1. The fourth-order valence-electron chi connectivity index (χ4n) is 3.98. The zero-order valence-corrected chi connectivity index (χ0v) is 17.3. The molecular weight excluding hydrogens is 392 g/mol. The maximum Gasteiger partial charge on any atom is 0.252 e. The van der Waals surface area contributed by atoms with Gasteiger partial charge in [0.15, 0.2) is 0 Å². The zero-order chi connectivity index (χ0) is 21.8. The van der Waals surface area contributed by atoms with E-state index in [1.165, 1.54) is 0 Å². The number of para-hydroxylation sites is 1. The number of likely N-dealkylation sites (N-methyl/N-ethyl adjacent to an activating group) is 1. The van der Waals surface area contributed by atoms with Gasteiger partial charge in [0, 0.05) is 24.5 Å². The van der Waals surface area contributed by atoms with Crippen LogP contribution in [-0.2, 0) is 9.59 Å². The highest BCUT2D eigenvalue weighted by Crippen LogP contribution is 2.25. The molecule has 1 saturated heterocycles. The summed E-state index contributed by atoms with van der Waals surface area (Å²) in [6.07, 6.45) is 1.40. The summed E-state index contributed by atoms with van der Waals surface area (Å²) in [5.74, 6) is -0.786. The van der Waals surface area contributed by atoms with Crippen molar-refractivity contribution in [3.8, 4) is 11.3 Å². The lowest BCUT2D eigenvalue weighted by Crippen LogP contribution is -2.48. The van der Waals surface area contributed by atoms with E-state index in [0.29, 0.717) is 29.7 Å². The van der Waals surface area contributed by atoms with Crippen molar-refractivity contribution in [1.82, 2.24) is 20.5 Å². The van der Waals surface area contributed by atoms with Crippen LogP contribution in [0.5, 0.6) is 0 Å². The monoisotopic (exact) mass is 416 g/mol. The van der Waals surface area contributed by atoms with Crippen molar-refractivity contribution in [2.24, 2.45) is 0 Å². The second-order valence-corrected chi connectivity index (χ2v) is 7.48. The first kappa shape index (κ1) is 20.5. The summed E-state index contributed by atoms with van der Waals surface area (Å²) in [6.45, 7) is 0.354. The minimum absolute atomic E-state index is 0.163. The van der Waals surface area contributed by atoms with Crippen molar-refractivity contribution in [2.75, 3.05) is 20.1 Å². The van der Waals surface area contributed by atoms with E-state index in [1.54, 1.807) is 18.0 Å². The van der Waals surface area contributed by atoms with Gasteiger partial charge < -0.3 is 15.5 Å². The number of rotatable bonds is 5. The second kappa shape index (κ2) is 8.95. The molecule has 0 aliphatic carbocycles. The van der Waals surface area contributed by atoms with Crippen molar-refractivity contribution in [3.63, 3.8) is 0 Å². The molecule has 0 spiro atoms. The Hall–Kier alpha value is -3.74. The molecule has 0 radical (unpaired) electrons. The number of pyridine rings is 1. The SMILES string of the molecule is CNC(=O)C1CCCN1C(=O)CNC(=O)c1cc(-c2ccccc2)nc2ccccc12. The van der Waals surface area contributed by atoms with Crippen LogP contribution in [0.15, 0.2) is 60.7 Å². The first-order valence-corrected chi connectivity index (χ1v) is 10.3. The van der Waals surface area contributed by atoms with Gasteiger partial charge in [-0.1, -0.05) is 48.5 Å². The van der Waals surface area contributed by atoms with E-state index < -0.39 is 6.04 Å². The lowest BCUT2D eigenvalue weighted by atomic mass is 10.0. The van der Waals surface area contributed by atoms with E-state index in [2.05, 4.69) is 15.6 Å². The predicted octanol–water partition coefficient (Wildman–Crippen LogP) is 2.37. The Morgan fingerprint density at radius 1 is 1.06 bits per heavy atom. The van der Waals surface area contributed by atoms with Gasteiger partial charge in [0.05, 0.1) is 23.3 Å². The van der Waals surface area contributed by atoms with E-state index in [1.807, 2.05) is 54.6 Å². The van der Waals surface area contributed by atoms with E-state index in [0.717, 1.165) is 17.4 Å². The molecule has 158 valence electrons. The van der Waals surface area contributed by atoms with Gasteiger partial charge in [0.1, 0.15) is 6.04 Å². The van der Waals surface area contributed by atoms with Crippen LogP contribution in [0.1, 0.15) is 23.2 Å². The molecule has 2 N–H and O–H groups in total. The van der Waals surface area contributed by atoms with Crippen LogP contribution in [0.2, 0.25) is 0 Å². The summed E-state index contributed by atoms with van der Waals surface area (Å²) in [5, 5.41) is 6.05. The molecule has 2 aromatic carbocycles. The number of aromatic nitrogens is 1. The van der Waals surface area contributed by atoms with Gasteiger partial charge in [-0.25, -0.2) is 4.98 Å². The molecule has 1 aromatic heterocycles. The normalized spacial score (nSPS) is 15.6. The molecular formula is C24H24N4O3. The molecule has 0 bridgehead atoms. The van der Waals surface area contributed by atoms with E-state index in [4.69, 9.17) is 0 Å². The molecule has 1 atom stereocenters. The van der Waals surface area contributed by atoms with Gasteiger partial charge in [-0.15, -0.1) is 0 Å². The van der Waals surface area contributed by atoms with Crippen LogP contribution in [-0.4, -0.2) is 53.8 Å². The van der Waals surface area contributed by atoms with Crippen molar-refractivity contribution in [2.45, 2.75) is 18.9 Å². The lowest BCUT2D eigenvalue weighted by Gasteiger charge is -2.23. The van der Waals surface area contributed by atoms with E-state index >= 15 is 0 Å². The Labute approximate surface area is 180 Å². The number of likely N-dealkylation sites (tertiary alicyclic amines) is 1.